The summed E-state index contributed by atoms with van der Waals surface area (Å²) in [6.45, 7) is 8.19. The smallest absolute Gasteiger partial charge is 0.311 e. The molecule has 0 amide bonds. The first-order chi connectivity index (χ1) is 18.9. The zero-order valence-corrected chi connectivity index (χ0v) is 22.9. The third kappa shape index (κ3) is 5.41. The third-order valence-corrected chi connectivity index (χ3v) is 8.05. The number of carboxylic acid groups (broad SMARTS) is 1. The van der Waals surface area contributed by atoms with Crippen molar-refractivity contribution < 1.29 is 24.2 Å². The molecule has 5 rings (SSSR count). The minimum Gasteiger partial charge on any atom is -0.481 e. The van der Waals surface area contributed by atoms with E-state index >= 15 is 0 Å². The molecule has 1 aliphatic rings. The molecule has 1 saturated heterocycles. The number of esters is 1. The van der Waals surface area contributed by atoms with Crippen LogP contribution in [0, 0.1) is 19.8 Å². The maximum Gasteiger partial charge on any atom is 0.311 e. The number of hydrogen-bond acceptors (Lipinski definition) is 5. The fourth-order valence-corrected chi connectivity index (χ4v) is 6.09. The van der Waals surface area contributed by atoms with Gasteiger partial charge in [-0.3, -0.25) is 9.59 Å². The van der Waals surface area contributed by atoms with Gasteiger partial charge in [0.05, 0.1) is 18.0 Å². The summed E-state index contributed by atoms with van der Waals surface area (Å²) in [5.41, 5.74) is 7.10. The molecule has 204 valence electrons. The van der Waals surface area contributed by atoms with Crippen LogP contribution in [0.5, 0.6) is 0 Å². The van der Waals surface area contributed by atoms with E-state index in [1.165, 1.54) is 0 Å². The van der Waals surface area contributed by atoms with Crippen LogP contribution in [-0.4, -0.2) is 46.4 Å². The first kappa shape index (κ1) is 26.9. The first-order valence-corrected chi connectivity index (χ1v) is 13.8. The number of aromatic nitrogens is 2. The molecule has 1 aliphatic heterocycles. The maximum atomic E-state index is 12.2. The van der Waals surface area contributed by atoms with E-state index in [9.17, 15) is 14.7 Å². The summed E-state index contributed by atoms with van der Waals surface area (Å²) in [6, 6.07) is 16.3. The van der Waals surface area contributed by atoms with Crippen molar-refractivity contribution in [3.63, 3.8) is 0 Å². The van der Waals surface area contributed by atoms with Gasteiger partial charge in [-0.2, -0.15) is 0 Å². The van der Waals surface area contributed by atoms with E-state index in [2.05, 4.69) is 23.6 Å². The van der Waals surface area contributed by atoms with Crippen LogP contribution in [-0.2, 0) is 32.0 Å². The van der Waals surface area contributed by atoms with Gasteiger partial charge in [0.1, 0.15) is 5.65 Å². The largest absolute Gasteiger partial charge is 0.481 e. The summed E-state index contributed by atoms with van der Waals surface area (Å²) in [4.78, 5) is 29.2. The van der Waals surface area contributed by atoms with Crippen LogP contribution >= 0.6 is 0 Å². The van der Waals surface area contributed by atoms with Crippen LogP contribution in [0.2, 0.25) is 0 Å². The Labute approximate surface area is 228 Å². The Balaban J connectivity index is 1.49. The lowest BCUT2D eigenvalue weighted by Gasteiger charge is -2.28. The number of benzene rings is 2. The molecular formula is C32H36N2O5. The van der Waals surface area contributed by atoms with Crippen molar-refractivity contribution in [2.75, 3.05) is 19.8 Å². The van der Waals surface area contributed by atoms with Crippen molar-refractivity contribution in [2.24, 2.45) is 5.92 Å². The SMILES string of the molecule is CCOC(=O)CCc1c(C)nc2c(c1C)c1ccccc1n2Cc1ccc([C@@H](C(=O)O)C2CCOCC2)cc1. The zero-order valence-electron chi connectivity index (χ0n) is 22.9. The summed E-state index contributed by atoms with van der Waals surface area (Å²) in [5.74, 6) is -1.39. The number of para-hydroxylation sites is 1. The monoisotopic (exact) mass is 528 g/mol. The molecule has 7 nitrogen and oxygen atoms in total. The Morgan fingerprint density at radius 3 is 2.51 bits per heavy atom. The van der Waals surface area contributed by atoms with Crippen molar-refractivity contribution in [1.82, 2.24) is 9.55 Å². The molecule has 0 bridgehead atoms. The lowest BCUT2D eigenvalue weighted by Crippen LogP contribution is -2.27. The van der Waals surface area contributed by atoms with Gasteiger partial charge in [0.2, 0.25) is 0 Å². The van der Waals surface area contributed by atoms with Crippen LogP contribution in [0.4, 0.5) is 0 Å². The van der Waals surface area contributed by atoms with E-state index < -0.39 is 11.9 Å². The average Bonchev–Trinajstić information content (AvgIpc) is 3.23. The molecule has 39 heavy (non-hydrogen) atoms. The minimum atomic E-state index is -0.772. The molecule has 0 aliphatic carbocycles. The highest BCUT2D eigenvalue weighted by atomic mass is 16.5. The van der Waals surface area contributed by atoms with Gasteiger partial charge < -0.3 is 19.1 Å². The van der Waals surface area contributed by atoms with Crippen molar-refractivity contribution in [3.05, 3.63) is 76.5 Å². The number of carbonyl (C=O) groups excluding carboxylic acids is 1. The first-order valence-electron chi connectivity index (χ1n) is 13.8. The van der Waals surface area contributed by atoms with E-state index in [1.54, 1.807) is 0 Å². The topological polar surface area (TPSA) is 90.7 Å². The Morgan fingerprint density at radius 1 is 1.10 bits per heavy atom. The van der Waals surface area contributed by atoms with E-state index in [1.807, 2.05) is 50.2 Å². The van der Waals surface area contributed by atoms with Gasteiger partial charge in [-0.05, 0) is 74.3 Å². The number of fused-ring (bicyclic) bond motifs is 3. The summed E-state index contributed by atoms with van der Waals surface area (Å²) in [5, 5.41) is 12.2. The van der Waals surface area contributed by atoms with Crippen molar-refractivity contribution >= 4 is 33.9 Å². The van der Waals surface area contributed by atoms with Gasteiger partial charge in [-0.1, -0.05) is 42.5 Å². The molecule has 0 saturated carbocycles. The molecule has 3 heterocycles. The van der Waals surface area contributed by atoms with Crippen molar-refractivity contribution in [1.29, 1.82) is 0 Å². The molecule has 0 spiro atoms. The van der Waals surface area contributed by atoms with E-state index in [0.717, 1.165) is 62.7 Å². The molecule has 7 heteroatoms. The van der Waals surface area contributed by atoms with E-state index in [-0.39, 0.29) is 11.9 Å². The number of nitrogens with zero attached hydrogens (tertiary/aromatic N) is 2. The third-order valence-electron chi connectivity index (χ3n) is 8.05. The number of aryl methyl sites for hydroxylation is 2. The molecule has 0 radical (unpaired) electrons. The Morgan fingerprint density at radius 2 is 1.82 bits per heavy atom. The standard InChI is InChI=1S/C32H36N2O5/c1-4-39-28(35)14-13-25-20(2)29-26-7-5-6-8-27(26)34(31(29)33-21(25)3)19-22-9-11-23(12-10-22)30(32(36)37)24-15-17-38-18-16-24/h5-12,24,30H,4,13-19H2,1-3H3,(H,36,37)/t30-/m1/s1. The van der Waals surface area contributed by atoms with Gasteiger partial charge >= 0.3 is 11.9 Å². The molecule has 1 fully saturated rings. The molecule has 4 aromatic rings. The van der Waals surface area contributed by atoms with Crippen LogP contribution < -0.4 is 0 Å². The van der Waals surface area contributed by atoms with Crippen LogP contribution in [0.25, 0.3) is 21.9 Å². The quantitative estimate of drug-likeness (QED) is 0.270. The van der Waals surface area contributed by atoms with Gasteiger partial charge in [-0.25, -0.2) is 4.98 Å². The highest BCUT2D eigenvalue weighted by Gasteiger charge is 2.31. The highest BCUT2D eigenvalue weighted by Crippen LogP contribution is 2.35. The fourth-order valence-electron chi connectivity index (χ4n) is 6.09. The maximum absolute atomic E-state index is 12.2. The predicted octanol–water partition coefficient (Wildman–Crippen LogP) is 5.95. The summed E-state index contributed by atoms with van der Waals surface area (Å²) >= 11 is 0. The number of pyridine rings is 1. The number of rotatable bonds is 9. The number of hydrogen-bond donors (Lipinski definition) is 1. The lowest BCUT2D eigenvalue weighted by molar-refractivity contribution is -0.143. The second-order valence-corrected chi connectivity index (χ2v) is 10.4. The second-order valence-electron chi connectivity index (χ2n) is 10.4. The van der Waals surface area contributed by atoms with Crippen molar-refractivity contribution in [2.45, 2.75) is 58.9 Å². The summed E-state index contributed by atoms with van der Waals surface area (Å²) in [7, 11) is 0. The van der Waals surface area contributed by atoms with Gasteiger partial charge in [-0.15, -0.1) is 0 Å². The van der Waals surface area contributed by atoms with Gasteiger partial charge in [0.25, 0.3) is 0 Å². The Bertz CT molecular complexity index is 1500. The normalized spacial score (nSPS) is 15.1. The number of carboxylic acids is 1. The summed E-state index contributed by atoms with van der Waals surface area (Å²) in [6.07, 6.45) is 2.47. The number of carbonyl (C=O) groups is 2. The molecule has 1 atom stereocenters. The van der Waals surface area contributed by atoms with E-state index in [4.69, 9.17) is 14.5 Å². The van der Waals surface area contributed by atoms with E-state index in [0.29, 0.717) is 39.2 Å². The van der Waals surface area contributed by atoms with Gasteiger partial charge in [0, 0.05) is 42.6 Å². The molecular weight excluding hydrogens is 492 g/mol. The van der Waals surface area contributed by atoms with Crippen molar-refractivity contribution in [3.8, 4) is 0 Å². The Hall–Kier alpha value is -3.71. The Kier molecular flexibility index (Phi) is 7.98. The minimum absolute atomic E-state index is 0.0904. The second kappa shape index (κ2) is 11.6. The molecule has 2 aromatic heterocycles. The van der Waals surface area contributed by atoms with Crippen LogP contribution in [0.15, 0.2) is 48.5 Å². The van der Waals surface area contributed by atoms with Gasteiger partial charge in [0.15, 0.2) is 0 Å². The average molecular weight is 529 g/mol. The molecule has 1 N–H and O–H groups in total. The summed E-state index contributed by atoms with van der Waals surface area (Å²) < 4.78 is 12.8. The molecule has 0 unspecified atom stereocenters. The molecule has 2 aromatic carbocycles. The predicted molar refractivity (Wildman–Crippen MR) is 151 cm³/mol. The van der Waals surface area contributed by atoms with Crippen LogP contribution in [0.3, 0.4) is 0 Å². The fraction of sp³-hybridized carbons (Fsp3) is 0.406. The highest BCUT2D eigenvalue weighted by molar-refractivity contribution is 6.08. The number of aliphatic carboxylic acids is 1. The van der Waals surface area contributed by atoms with Crippen LogP contribution in [0.1, 0.15) is 60.1 Å². The lowest BCUT2D eigenvalue weighted by atomic mass is 9.81. The zero-order chi connectivity index (χ0) is 27.5. The number of ether oxygens (including phenoxy) is 2.